The van der Waals surface area contributed by atoms with Crippen LogP contribution in [-0.2, 0) is 6.54 Å². The van der Waals surface area contributed by atoms with E-state index in [1.54, 1.807) is 11.6 Å². The van der Waals surface area contributed by atoms with Crippen molar-refractivity contribution in [3.63, 3.8) is 0 Å². The monoisotopic (exact) mass is 194 g/mol. The maximum absolute atomic E-state index is 11.6. The van der Waals surface area contributed by atoms with Gasteiger partial charge in [0.25, 0.3) is 5.91 Å². The van der Waals surface area contributed by atoms with Crippen LogP contribution >= 0.6 is 0 Å². The first kappa shape index (κ1) is 8.80. The predicted octanol–water partition coefficient (Wildman–Crippen LogP) is -0.360. The van der Waals surface area contributed by atoms with Gasteiger partial charge in [0, 0.05) is 32.4 Å². The molecule has 1 aliphatic rings. The first-order valence-electron chi connectivity index (χ1n) is 4.29. The molecule has 0 spiro atoms. The second kappa shape index (κ2) is 2.87. The maximum atomic E-state index is 11.6. The molecule has 0 aromatic carbocycles. The molecule has 1 aromatic heterocycles. The Hall–Kier alpha value is -1.78. The number of amides is 1. The van der Waals surface area contributed by atoms with Crippen LogP contribution in [0.1, 0.15) is 10.5 Å². The summed E-state index contributed by atoms with van der Waals surface area (Å²) in [7, 11) is 1.64. The molecular formula is C9H10N2O3. The van der Waals surface area contributed by atoms with Crippen LogP contribution in [-0.4, -0.2) is 34.1 Å². The standard InChI is InChI=1S/C9H10N2O3/c1-10-4-5-11-3-2-6(12)8(13)7(11)9(10)14/h2-3,13H,4-5H2,1H3. The van der Waals surface area contributed by atoms with Crippen LogP contribution in [0, 0.1) is 0 Å². The molecule has 5 nitrogen and oxygen atoms in total. The summed E-state index contributed by atoms with van der Waals surface area (Å²) in [5.41, 5.74) is -0.425. The van der Waals surface area contributed by atoms with Crippen LogP contribution in [0.3, 0.4) is 0 Å². The SMILES string of the molecule is CN1CCn2ccc(=O)c(O)c2C1=O. The summed E-state index contributed by atoms with van der Waals surface area (Å²) in [6.07, 6.45) is 1.53. The molecule has 0 radical (unpaired) electrons. The van der Waals surface area contributed by atoms with Crippen LogP contribution in [0.4, 0.5) is 0 Å². The highest BCUT2D eigenvalue weighted by atomic mass is 16.3. The minimum Gasteiger partial charge on any atom is -0.503 e. The van der Waals surface area contributed by atoms with Crippen LogP contribution < -0.4 is 5.43 Å². The zero-order chi connectivity index (χ0) is 10.3. The van der Waals surface area contributed by atoms with Crippen LogP contribution in [0.25, 0.3) is 0 Å². The molecule has 14 heavy (non-hydrogen) atoms. The lowest BCUT2D eigenvalue weighted by atomic mass is 10.2. The number of hydrogen-bond acceptors (Lipinski definition) is 3. The Morgan fingerprint density at radius 2 is 2.07 bits per heavy atom. The van der Waals surface area contributed by atoms with Gasteiger partial charge in [-0.3, -0.25) is 9.59 Å². The van der Waals surface area contributed by atoms with E-state index in [1.165, 1.54) is 17.2 Å². The van der Waals surface area contributed by atoms with Crippen LogP contribution in [0.5, 0.6) is 5.75 Å². The third-order valence-electron chi connectivity index (χ3n) is 2.38. The number of aromatic hydroxyl groups is 1. The van der Waals surface area contributed by atoms with E-state index >= 15 is 0 Å². The molecule has 0 fully saturated rings. The van der Waals surface area contributed by atoms with Crippen molar-refractivity contribution in [1.29, 1.82) is 0 Å². The van der Waals surface area contributed by atoms with Gasteiger partial charge in [0.1, 0.15) is 0 Å². The molecule has 1 N–H and O–H groups in total. The molecule has 2 heterocycles. The number of carbonyl (C=O) groups excluding carboxylic acids is 1. The number of likely N-dealkylation sites (N-methyl/N-ethyl adjacent to an activating group) is 1. The quantitative estimate of drug-likeness (QED) is 0.613. The lowest BCUT2D eigenvalue weighted by Gasteiger charge is -2.26. The highest BCUT2D eigenvalue weighted by molar-refractivity contribution is 5.95. The van der Waals surface area contributed by atoms with Gasteiger partial charge in [0.05, 0.1) is 0 Å². The fourth-order valence-corrected chi connectivity index (χ4v) is 1.51. The Balaban J connectivity index is 2.68. The molecule has 0 bridgehead atoms. The van der Waals surface area contributed by atoms with Crippen molar-refractivity contribution in [2.45, 2.75) is 6.54 Å². The van der Waals surface area contributed by atoms with E-state index in [1.807, 2.05) is 0 Å². The highest BCUT2D eigenvalue weighted by Gasteiger charge is 2.25. The fraction of sp³-hybridized carbons (Fsp3) is 0.333. The molecule has 1 amide bonds. The largest absolute Gasteiger partial charge is 0.503 e. The van der Waals surface area contributed by atoms with E-state index < -0.39 is 11.2 Å². The Kier molecular flexibility index (Phi) is 1.80. The molecule has 1 aromatic rings. The minimum absolute atomic E-state index is 0.0891. The number of nitrogens with zero attached hydrogens (tertiary/aromatic N) is 2. The number of aromatic nitrogens is 1. The van der Waals surface area contributed by atoms with Crippen molar-refractivity contribution in [1.82, 2.24) is 9.47 Å². The average Bonchev–Trinajstić information content (AvgIpc) is 2.17. The van der Waals surface area contributed by atoms with Gasteiger partial charge >= 0.3 is 0 Å². The summed E-state index contributed by atoms with van der Waals surface area (Å²) in [6, 6.07) is 1.26. The summed E-state index contributed by atoms with van der Waals surface area (Å²) in [5.74, 6) is -0.768. The van der Waals surface area contributed by atoms with E-state index in [2.05, 4.69) is 0 Å². The maximum Gasteiger partial charge on any atom is 0.274 e. The Morgan fingerprint density at radius 3 is 2.79 bits per heavy atom. The van der Waals surface area contributed by atoms with Gasteiger partial charge in [-0.15, -0.1) is 0 Å². The van der Waals surface area contributed by atoms with Gasteiger partial charge in [-0.1, -0.05) is 0 Å². The van der Waals surface area contributed by atoms with Gasteiger partial charge in [0.2, 0.25) is 5.43 Å². The van der Waals surface area contributed by atoms with Gasteiger partial charge in [-0.25, -0.2) is 0 Å². The van der Waals surface area contributed by atoms with Crippen molar-refractivity contribution in [2.24, 2.45) is 0 Å². The first-order valence-corrected chi connectivity index (χ1v) is 4.29. The molecule has 1 aliphatic heterocycles. The molecular weight excluding hydrogens is 184 g/mol. The normalized spacial score (nSPS) is 15.5. The summed E-state index contributed by atoms with van der Waals surface area (Å²) in [6.45, 7) is 1.19. The van der Waals surface area contributed by atoms with Crippen molar-refractivity contribution < 1.29 is 9.90 Å². The number of pyridine rings is 1. The second-order valence-corrected chi connectivity index (χ2v) is 3.30. The fourth-order valence-electron chi connectivity index (χ4n) is 1.51. The molecule has 2 rings (SSSR count). The molecule has 74 valence electrons. The van der Waals surface area contributed by atoms with Crippen molar-refractivity contribution in [2.75, 3.05) is 13.6 Å². The Bertz CT molecular complexity index is 450. The zero-order valence-electron chi connectivity index (χ0n) is 7.73. The average molecular weight is 194 g/mol. The predicted molar refractivity (Wildman–Crippen MR) is 49.3 cm³/mol. The minimum atomic E-state index is -0.514. The van der Waals surface area contributed by atoms with Gasteiger partial charge in [0.15, 0.2) is 11.4 Å². The van der Waals surface area contributed by atoms with Crippen molar-refractivity contribution in [3.05, 3.63) is 28.2 Å². The van der Waals surface area contributed by atoms with Crippen molar-refractivity contribution in [3.8, 4) is 5.75 Å². The highest BCUT2D eigenvalue weighted by Crippen LogP contribution is 2.17. The van der Waals surface area contributed by atoms with Crippen molar-refractivity contribution >= 4 is 5.91 Å². The topological polar surface area (TPSA) is 62.5 Å². The van der Waals surface area contributed by atoms with E-state index in [0.29, 0.717) is 13.1 Å². The zero-order valence-corrected chi connectivity index (χ0v) is 7.73. The van der Waals surface area contributed by atoms with Crippen LogP contribution in [0.15, 0.2) is 17.1 Å². The molecule has 0 unspecified atom stereocenters. The van der Waals surface area contributed by atoms with E-state index in [0.717, 1.165) is 0 Å². The van der Waals surface area contributed by atoms with Gasteiger partial charge in [-0.2, -0.15) is 0 Å². The van der Waals surface area contributed by atoms with Gasteiger partial charge < -0.3 is 14.6 Å². The lowest BCUT2D eigenvalue weighted by Crippen LogP contribution is -2.38. The number of hydrogen-bond donors (Lipinski definition) is 1. The molecule has 0 saturated heterocycles. The summed E-state index contributed by atoms with van der Waals surface area (Å²) >= 11 is 0. The molecule has 0 saturated carbocycles. The number of rotatable bonds is 0. The Morgan fingerprint density at radius 1 is 1.36 bits per heavy atom. The van der Waals surface area contributed by atoms with Crippen LogP contribution in [0.2, 0.25) is 0 Å². The Labute approximate surface area is 80.2 Å². The third kappa shape index (κ3) is 1.09. The van der Waals surface area contributed by atoms with Gasteiger partial charge in [-0.05, 0) is 0 Å². The molecule has 0 atom stereocenters. The van der Waals surface area contributed by atoms with E-state index in [-0.39, 0.29) is 11.6 Å². The second-order valence-electron chi connectivity index (χ2n) is 3.30. The lowest BCUT2D eigenvalue weighted by molar-refractivity contribution is 0.0742. The smallest absolute Gasteiger partial charge is 0.274 e. The van der Waals surface area contributed by atoms with E-state index in [9.17, 15) is 14.7 Å². The summed E-state index contributed by atoms with van der Waals surface area (Å²) in [5, 5.41) is 9.45. The molecule has 5 heteroatoms. The number of fused-ring (bicyclic) bond motifs is 1. The summed E-state index contributed by atoms with van der Waals surface area (Å²) in [4.78, 5) is 24.2. The summed E-state index contributed by atoms with van der Waals surface area (Å²) < 4.78 is 1.60. The molecule has 0 aliphatic carbocycles. The third-order valence-corrected chi connectivity index (χ3v) is 2.38. The number of carbonyl (C=O) groups is 1. The first-order chi connectivity index (χ1) is 6.61. The van der Waals surface area contributed by atoms with E-state index in [4.69, 9.17) is 0 Å².